The Morgan fingerprint density at radius 3 is 2.38 bits per heavy atom. The summed E-state index contributed by atoms with van der Waals surface area (Å²) in [6.45, 7) is 2.73. The van der Waals surface area contributed by atoms with Gasteiger partial charge in [-0.05, 0) is 85.6 Å². The van der Waals surface area contributed by atoms with Gasteiger partial charge in [-0.3, -0.25) is 9.88 Å². The lowest BCUT2D eigenvalue weighted by Crippen LogP contribution is -2.32. The van der Waals surface area contributed by atoms with Crippen LogP contribution < -0.4 is 0 Å². The van der Waals surface area contributed by atoms with Gasteiger partial charge in [-0.25, -0.2) is 4.39 Å². The monoisotopic (exact) mass is 427 g/mol. The second-order valence-corrected chi connectivity index (χ2v) is 8.44. The maximum Gasteiger partial charge on any atom is 0.123 e. The first-order chi connectivity index (χ1) is 15.7. The molecule has 0 amide bonds. The van der Waals surface area contributed by atoms with Crippen LogP contribution in [0.15, 0.2) is 79.1 Å². The third kappa shape index (κ3) is 4.30. The number of piperidine rings is 1. The molecule has 0 atom stereocenters. The highest BCUT2D eigenvalue weighted by Crippen LogP contribution is 2.37. The number of aromatic hydroxyl groups is 1. The molecule has 32 heavy (non-hydrogen) atoms. The molecule has 5 rings (SSSR count). The number of hydrogen-bond acceptors (Lipinski definition) is 3. The van der Waals surface area contributed by atoms with E-state index in [1.165, 1.54) is 17.8 Å². The molecule has 3 heterocycles. The molecule has 1 aliphatic rings. The van der Waals surface area contributed by atoms with Crippen LogP contribution >= 0.6 is 0 Å². The molecule has 2 aromatic carbocycles. The predicted molar refractivity (Wildman–Crippen MR) is 125 cm³/mol. The standard InChI is InChI=1S/C27H26FN3O/c28-23-7-5-21(6-8-23)27-24(19-9-13-29-14-10-19)17-25(30-27)20-11-15-31(16-12-20)18-22-3-1-2-4-26(22)32/h1-10,13-14,17,20,30,32H,11-12,15-16,18H2. The highest BCUT2D eigenvalue weighted by molar-refractivity contribution is 5.82. The number of nitrogens with zero attached hydrogens (tertiary/aromatic N) is 2. The lowest BCUT2D eigenvalue weighted by molar-refractivity contribution is 0.201. The first-order valence-electron chi connectivity index (χ1n) is 11.1. The van der Waals surface area contributed by atoms with E-state index in [4.69, 9.17) is 0 Å². The summed E-state index contributed by atoms with van der Waals surface area (Å²) in [5, 5.41) is 10.1. The van der Waals surface area contributed by atoms with E-state index >= 15 is 0 Å². The molecule has 1 fully saturated rings. The Labute approximate surface area is 187 Å². The summed E-state index contributed by atoms with van der Waals surface area (Å²) >= 11 is 0. The molecular weight excluding hydrogens is 401 g/mol. The van der Waals surface area contributed by atoms with Gasteiger partial charge >= 0.3 is 0 Å². The zero-order chi connectivity index (χ0) is 21.9. The number of H-pyrrole nitrogens is 1. The second kappa shape index (κ2) is 8.97. The number of nitrogens with one attached hydrogen (secondary N) is 1. The average Bonchev–Trinajstić information content (AvgIpc) is 3.28. The summed E-state index contributed by atoms with van der Waals surface area (Å²) in [6, 6.07) is 20.5. The molecule has 0 radical (unpaired) electrons. The van der Waals surface area contributed by atoms with E-state index in [0.717, 1.165) is 60.4 Å². The summed E-state index contributed by atoms with van der Waals surface area (Å²) in [5.74, 6) is 0.568. The van der Waals surface area contributed by atoms with Gasteiger partial charge in [-0.15, -0.1) is 0 Å². The molecule has 2 N–H and O–H groups in total. The van der Waals surface area contributed by atoms with Gasteiger partial charge in [0.25, 0.3) is 0 Å². The molecular formula is C27H26FN3O. The molecule has 0 bridgehead atoms. The molecule has 0 aliphatic carbocycles. The van der Waals surface area contributed by atoms with Crippen molar-refractivity contribution in [2.75, 3.05) is 13.1 Å². The van der Waals surface area contributed by atoms with E-state index in [2.05, 4.69) is 20.9 Å². The number of aromatic amines is 1. The Kier molecular flexibility index (Phi) is 5.73. The normalized spacial score (nSPS) is 15.2. The molecule has 0 spiro atoms. The summed E-state index contributed by atoms with van der Waals surface area (Å²) in [5.41, 5.74) is 6.40. The van der Waals surface area contributed by atoms with Crippen molar-refractivity contribution in [1.82, 2.24) is 14.9 Å². The molecule has 0 saturated carbocycles. The van der Waals surface area contributed by atoms with Crippen molar-refractivity contribution in [3.63, 3.8) is 0 Å². The maximum absolute atomic E-state index is 13.5. The highest BCUT2D eigenvalue weighted by Gasteiger charge is 2.24. The average molecular weight is 428 g/mol. The Bertz CT molecular complexity index is 1180. The summed E-state index contributed by atoms with van der Waals surface area (Å²) < 4.78 is 13.5. The smallest absolute Gasteiger partial charge is 0.123 e. The van der Waals surface area contributed by atoms with Gasteiger partial charge in [0.15, 0.2) is 0 Å². The van der Waals surface area contributed by atoms with Crippen molar-refractivity contribution in [1.29, 1.82) is 0 Å². The van der Waals surface area contributed by atoms with Gasteiger partial charge < -0.3 is 10.1 Å². The predicted octanol–water partition coefficient (Wildman–Crippen LogP) is 5.97. The van der Waals surface area contributed by atoms with Crippen LogP contribution in [0.3, 0.4) is 0 Å². The van der Waals surface area contributed by atoms with Crippen molar-refractivity contribution < 1.29 is 9.50 Å². The minimum absolute atomic E-state index is 0.234. The lowest BCUT2D eigenvalue weighted by Gasteiger charge is -2.31. The van der Waals surface area contributed by atoms with Crippen molar-refractivity contribution in [3.05, 3.63) is 96.2 Å². The van der Waals surface area contributed by atoms with Gasteiger partial charge in [-0.2, -0.15) is 0 Å². The third-order valence-corrected chi connectivity index (χ3v) is 6.38. The van der Waals surface area contributed by atoms with Crippen LogP contribution in [0.25, 0.3) is 22.4 Å². The number of phenolic OH excluding ortho intramolecular Hbond substituents is 1. The zero-order valence-corrected chi connectivity index (χ0v) is 17.8. The van der Waals surface area contributed by atoms with Crippen molar-refractivity contribution in [3.8, 4) is 28.1 Å². The fraction of sp³-hybridized carbons (Fsp3) is 0.222. The second-order valence-electron chi connectivity index (χ2n) is 8.44. The number of phenols is 1. The number of hydrogen-bond donors (Lipinski definition) is 2. The lowest BCUT2D eigenvalue weighted by atomic mass is 9.92. The van der Waals surface area contributed by atoms with Gasteiger partial charge in [0.2, 0.25) is 0 Å². The Morgan fingerprint density at radius 1 is 0.938 bits per heavy atom. The maximum atomic E-state index is 13.5. The van der Waals surface area contributed by atoms with Crippen molar-refractivity contribution in [2.24, 2.45) is 0 Å². The highest BCUT2D eigenvalue weighted by atomic mass is 19.1. The van der Waals surface area contributed by atoms with E-state index in [0.29, 0.717) is 11.7 Å². The van der Waals surface area contributed by atoms with E-state index in [-0.39, 0.29) is 5.82 Å². The first-order valence-corrected chi connectivity index (χ1v) is 11.1. The van der Waals surface area contributed by atoms with Crippen molar-refractivity contribution in [2.45, 2.75) is 25.3 Å². The molecule has 162 valence electrons. The minimum Gasteiger partial charge on any atom is -0.508 e. The van der Waals surface area contributed by atoms with Gasteiger partial charge in [0.05, 0.1) is 5.69 Å². The summed E-state index contributed by atoms with van der Waals surface area (Å²) in [4.78, 5) is 10.2. The Hall–Kier alpha value is -3.44. The van der Waals surface area contributed by atoms with E-state index < -0.39 is 0 Å². The molecule has 5 heteroatoms. The molecule has 1 saturated heterocycles. The number of halogens is 1. The van der Waals surface area contributed by atoms with Crippen molar-refractivity contribution >= 4 is 0 Å². The van der Waals surface area contributed by atoms with Gasteiger partial charge in [0.1, 0.15) is 11.6 Å². The number of para-hydroxylation sites is 1. The fourth-order valence-electron chi connectivity index (χ4n) is 4.59. The number of benzene rings is 2. The van der Waals surface area contributed by atoms with E-state index in [1.807, 2.05) is 42.5 Å². The molecule has 0 unspecified atom stereocenters. The van der Waals surface area contributed by atoms with Crippen LogP contribution in [-0.2, 0) is 6.54 Å². The fourth-order valence-corrected chi connectivity index (χ4v) is 4.59. The number of aromatic nitrogens is 2. The van der Waals surface area contributed by atoms with Gasteiger partial charge in [0, 0.05) is 41.7 Å². The van der Waals surface area contributed by atoms with Crippen LogP contribution in [0.4, 0.5) is 4.39 Å². The zero-order valence-electron chi connectivity index (χ0n) is 17.8. The summed E-state index contributed by atoms with van der Waals surface area (Å²) in [6.07, 6.45) is 5.70. The Morgan fingerprint density at radius 2 is 1.66 bits per heavy atom. The molecule has 4 aromatic rings. The molecule has 2 aromatic heterocycles. The topological polar surface area (TPSA) is 52.1 Å². The minimum atomic E-state index is -0.234. The van der Waals surface area contributed by atoms with Crippen LogP contribution in [0.5, 0.6) is 5.75 Å². The number of pyridine rings is 1. The van der Waals surface area contributed by atoms with E-state index in [1.54, 1.807) is 18.5 Å². The Balaban J connectivity index is 1.37. The van der Waals surface area contributed by atoms with Gasteiger partial charge in [-0.1, -0.05) is 18.2 Å². The van der Waals surface area contributed by atoms with Crippen LogP contribution in [0, 0.1) is 5.82 Å². The van der Waals surface area contributed by atoms with Crippen LogP contribution in [-0.4, -0.2) is 33.1 Å². The third-order valence-electron chi connectivity index (χ3n) is 6.38. The molecule has 1 aliphatic heterocycles. The quantitative estimate of drug-likeness (QED) is 0.413. The largest absolute Gasteiger partial charge is 0.508 e. The number of likely N-dealkylation sites (tertiary alicyclic amines) is 1. The summed E-state index contributed by atoms with van der Waals surface area (Å²) in [7, 11) is 0. The van der Waals surface area contributed by atoms with Crippen LogP contribution in [0.2, 0.25) is 0 Å². The van der Waals surface area contributed by atoms with E-state index in [9.17, 15) is 9.50 Å². The number of rotatable bonds is 5. The van der Waals surface area contributed by atoms with Crippen LogP contribution in [0.1, 0.15) is 30.0 Å². The first kappa shape index (κ1) is 20.5. The molecule has 4 nitrogen and oxygen atoms in total. The SMILES string of the molecule is Oc1ccccc1CN1CCC(c2cc(-c3ccncc3)c(-c3ccc(F)cc3)[nH]2)CC1.